The third-order valence-electron chi connectivity index (χ3n) is 2.74. The third kappa shape index (κ3) is 3.14. The van der Waals surface area contributed by atoms with Crippen molar-refractivity contribution < 1.29 is 13.5 Å². The molecule has 17 heavy (non-hydrogen) atoms. The molecule has 2 rings (SSSR count). The second kappa shape index (κ2) is 4.88. The van der Waals surface area contributed by atoms with Crippen LogP contribution in [0.1, 0.15) is 0 Å². The van der Waals surface area contributed by atoms with E-state index >= 15 is 0 Å². The topological polar surface area (TPSA) is 66.4 Å². The Labute approximate surface area is 105 Å². The fourth-order valence-electron chi connectivity index (χ4n) is 1.89. The molecule has 0 saturated carbocycles. The van der Waals surface area contributed by atoms with Gasteiger partial charge in [-0.25, -0.2) is 8.42 Å². The minimum absolute atomic E-state index is 0.00232. The molecular weight excluding hydrogens is 258 g/mol. The van der Waals surface area contributed by atoms with E-state index in [1.807, 2.05) is 30.5 Å². The van der Waals surface area contributed by atoms with Gasteiger partial charge in [-0.3, -0.25) is 0 Å². The van der Waals surface area contributed by atoms with Crippen molar-refractivity contribution in [3.8, 4) is 0 Å². The molecule has 1 aromatic carbocycles. The van der Waals surface area contributed by atoms with E-state index in [9.17, 15) is 13.5 Å². The minimum atomic E-state index is -3.10. The van der Waals surface area contributed by atoms with Crippen LogP contribution in [-0.4, -0.2) is 43.4 Å². The average molecular weight is 273 g/mol. The van der Waals surface area contributed by atoms with Gasteiger partial charge in [0.05, 0.1) is 23.7 Å². The van der Waals surface area contributed by atoms with Gasteiger partial charge in [-0.05, 0) is 24.5 Å². The van der Waals surface area contributed by atoms with Crippen LogP contribution >= 0.6 is 11.8 Å². The van der Waals surface area contributed by atoms with Crippen molar-refractivity contribution in [1.29, 1.82) is 0 Å². The Morgan fingerprint density at radius 1 is 1.41 bits per heavy atom. The number of aliphatic hydroxyl groups is 1. The first-order valence-corrected chi connectivity index (χ1v) is 8.34. The molecule has 94 valence electrons. The Morgan fingerprint density at radius 3 is 2.76 bits per heavy atom. The van der Waals surface area contributed by atoms with Crippen molar-refractivity contribution in [3.63, 3.8) is 0 Å². The Balaban J connectivity index is 2.11. The number of benzene rings is 1. The lowest BCUT2D eigenvalue weighted by atomic mass is 10.2. The van der Waals surface area contributed by atoms with Gasteiger partial charge in [-0.15, -0.1) is 11.8 Å². The van der Waals surface area contributed by atoms with Crippen molar-refractivity contribution in [2.45, 2.75) is 17.0 Å². The van der Waals surface area contributed by atoms with Gasteiger partial charge in [-0.1, -0.05) is 6.07 Å². The molecule has 1 heterocycles. The summed E-state index contributed by atoms with van der Waals surface area (Å²) >= 11 is 1.62. The molecule has 0 radical (unpaired) electrons. The summed E-state index contributed by atoms with van der Waals surface area (Å²) in [5.41, 5.74) is 0.845. The molecule has 2 atom stereocenters. The van der Waals surface area contributed by atoms with Gasteiger partial charge in [0, 0.05) is 10.6 Å². The van der Waals surface area contributed by atoms with E-state index < -0.39 is 22.0 Å². The first kappa shape index (κ1) is 12.7. The maximum Gasteiger partial charge on any atom is 0.155 e. The maximum atomic E-state index is 11.4. The predicted octanol–water partition coefficient (Wildman–Crippen LogP) is 0.978. The Kier molecular flexibility index (Phi) is 3.65. The summed E-state index contributed by atoms with van der Waals surface area (Å²) in [5.74, 6) is -0.148. The molecule has 0 bridgehead atoms. The Morgan fingerprint density at radius 2 is 2.18 bits per heavy atom. The first-order valence-electron chi connectivity index (χ1n) is 5.29. The van der Waals surface area contributed by atoms with Gasteiger partial charge in [0.15, 0.2) is 9.84 Å². The molecule has 6 heteroatoms. The molecule has 2 unspecified atom stereocenters. The van der Waals surface area contributed by atoms with E-state index in [2.05, 4.69) is 5.32 Å². The van der Waals surface area contributed by atoms with Crippen LogP contribution in [-0.2, 0) is 9.84 Å². The zero-order valence-electron chi connectivity index (χ0n) is 9.46. The average Bonchev–Trinajstić information content (AvgIpc) is 2.52. The number of sulfone groups is 1. The van der Waals surface area contributed by atoms with Crippen LogP contribution in [0.2, 0.25) is 0 Å². The highest BCUT2D eigenvalue weighted by atomic mass is 32.2. The quantitative estimate of drug-likeness (QED) is 0.804. The molecule has 4 nitrogen and oxygen atoms in total. The molecule has 1 saturated heterocycles. The van der Waals surface area contributed by atoms with Crippen LogP contribution in [0.25, 0.3) is 0 Å². The van der Waals surface area contributed by atoms with Gasteiger partial charge >= 0.3 is 0 Å². The van der Waals surface area contributed by atoms with Crippen LogP contribution in [0.3, 0.4) is 0 Å². The monoisotopic (exact) mass is 273 g/mol. The van der Waals surface area contributed by atoms with Gasteiger partial charge in [0.2, 0.25) is 0 Å². The van der Waals surface area contributed by atoms with E-state index in [-0.39, 0.29) is 11.5 Å². The fourth-order valence-corrected chi connectivity index (χ4v) is 4.09. The molecule has 1 aromatic rings. The summed E-state index contributed by atoms with van der Waals surface area (Å²) in [5, 5.41) is 12.7. The Hall–Kier alpha value is -0.720. The smallest absolute Gasteiger partial charge is 0.155 e. The molecule has 0 spiro atoms. The van der Waals surface area contributed by atoms with Crippen LogP contribution in [0, 0.1) is 0 Å². The van der Waals surface area contributed by atoms with Crippen molar-refractivity contribution >= 4 is 27.3 Å². The zero-order chi connectivity index (χ0) is 12.5. The lowest BCUT2D eigenvalue weighted by Crippen LogP contribution is -2.31. The van der Waals surface area contributed by atoms with Crippen LogP contribution < -0.4 is 5.32 Å². The van der Waals surface area contributed by atoms with E-state index in [0.717, 1.165) is 10.6 Å². The van der Waals surface area contributed by atoms with E-state index in [1.54, 1.807) is 11.8 Å². The molecule has 1 fully saturated rings. The number of hydrogen-bond acceptors (Lipinski definition) is 5. The summed E-state index contributed by atoms with van der Waals surface area (Å²) in [6.45, 7) is 0. The summed E-state index contributed by atoms with van der Waals surface area (Å²) in [4.78, 5) is 1.10. The summed E-state index contributed by atoms with van der Waals surface area (Å²) in [7, 11) is -3.10. The van der Waals surface area contributed by atoms with Crippen LogP contribution in [0.5, 0.6) is 0 Å². The van der Waals surface area contributed by atoms with Crippen molar-refractivity contribution in [2.24, 2.45) is 0 Å². The van der Waals surface area contributed by atoms with Crippen LogP contribution in [0.4, 0.5) is 5.69 Å². The summed E-state index contributed by atoms with van der Waals surface area (Å²) in [6.07, 6.45) is 1.16. The molecule has 1 aliphatic heterocycles. The second-order valence-electron chi connectivity index (χ2n) is 4.13. The number of nitrogens with one attached hydrogen (secondary N) is 1. The zero-order valence-corrected chi connectivity index (χ0v) is 11.1. The van der Waals surface area contributed by atoms with E-state index in [4.69, 9.17) is 0 Å². The maximum absolute atomic E-state index is 11.4. The number of thioether (sulfide) groups is 1. The van der Waals surface area contributed by atoms with Gasteiger partial charge < -0.3 is 10.4 Å². The lowest BCUT2D eigenvalue weighted by Gasteiger charge is -2.16. The van der Waals surface area contributed by atoms with Crippen molar-refractivity contribution in [3.05, 3.63) is 24.3 Å². The molecule has 0 aromatic heterocycles. The molecule has 2 N–H and O–H groups in total. The molecule has 0 amide bonds. The minimum Gasteiger partial charge on any atom is -0.390 e. The number of aliphatic hydroxyl groups excluding tert-OH is 1. The van der Waals surface area contributed by atoms with E-state index in [0.29, 0.717) is 0 Å². The van der Waals surface area contributed by atoms with Gasteiger partial charge in [0.25, 0.3) is 0 Å². The first-order chi connectivity index (χ1) is 8.00. The van der Waals surface area contributed by atoms with Gasteiger partial charge in [-0.2, -0.15) is 0 Å². The largest absolute Gasteiger partial charge is 0.390 e. The normalized spacial score (nSPS) is 26.9. The SMILES string of the molecule is CSc1cccc(NC2CS(=O)(=O)CC2O)c1. The van der Waals surface area contributed by atoms with Crippen molar-refractivity contribution in [2.75, 3.05) is 23.1 Å². The van der Waals surface area contributed by atoms with E-state index in [1.165, 1.54) is 0 Å². The van der Waals surface area contributed by atoms with Crippen molar-refractivity contribution in [1.82, 2.24) is 0 Å². The number of hydrogen-bond donors (Lipinski definition) is 2. The standard InChI is InChI=1S/C11H15NO3S2/c1-16-9-4-2-3-8(5-9)12-10-6-17(14,15)7-11(10)13/h2-5,10-13H,6-7H2,1H3. The molecule has 1 aliphatic rings. The number of anilines is 1. The third-order valence-corrected chi connectivity index (χ3v) is 5.19. The summed E-state index contributed by atoms with van der Waals surface area (Å²) in [6, 6.07) is 7.30. The summed E-state index contributed by atoms with van der Waals surface area (Å²) < 4.78 is 22.7. The Bertz CT molecular complexity index is 501. The lowest BCUT2D eigenvalue weighted by molar-refractivity contribution is 0.190. The molecular formula is C11H15NO3S2. The second-order valence-corrected chi connectivity index (χ2v) is 7.16. The highest BCUT2D eigenvalue weighted by molar-refractivity contribution is 7.98. The predicted molar refractivity (Wildman–Crippen MR) is 70.3 cm³/mol. The van der Waals surface area contributed by atoms with Gasteiger partial charge in [0.1, 0.15) is 0 Å². The number of rotatable bonds is 3. The highest BCUT2D eigenvalue weighted by Gasteiger charge is 2.36. The molecule has 0 aliphatic carbocycles. The fraction of sp³-hybridized carbons (Fsp3) is 0.455. The van der Waals surface area contributed by atoms with Crippen LogP contribution in [0.15, 0.2) is 29.2 Å². The highest BCUT2D eigenvalue weighted by Crippen LogP contribution is 2.22.